The minimum Gasteiger partial charge on any atom is -0.464 e. The van der Waals surface area contributed by atoms with Crippen molar-refractivity contribution in [3.05, 3.63) is 29.5 Å². The smallest absolute Gasteiger partial charge is 0.322 e. The Balaban J connectivity index is 2.06. The molecule has 0 radical (unpaired) electrons. The number of hydrogen-bond acceptors (Lipinski definition) is 6. The number of rotatable bonds is 3. The van der Waals surface area contributed by atoms with E-state index >= 15 is 0 Å². The molecule has 7 nitrogen and oxygen atoms in total. The predicted octanol–water partition coefficient (Wildman–Crippen LogP) is 2.01. The molecular weight excluding hydrogens is 294 g/mol. The van der Waals surface area contributed by atoms with Crippen LogP contribution in [0.1, 0.15) is 6.92 Å². The van der Waals surface area contributed by atoms with Crippen molar-refractivity contribution in [1.82, 2.24) is 15.0 Å². The first-order chi connectivity index (χ1) is 10.2. The Labute approximate surface area is 125 Å². The van der Waals surface area contributed by atoms with E-state index in [1.165, 1.54) is 0 Å². The number of fused-ring (bicyclic) bond motifs is 1. The first-order valence-electron chi connectivity index (χ1n) is 6.38. The Morgan fingerprint density at radius 3 is 2.95 bits per heavy atom. The lowest BCUT2D eigenvalue weighted by Crippen LogP contribution is -2.36. The molecule has 8 heteroatoms. The second kappa shape index (κ2) is 5.53. The highest BCUT2D eigenvalue weighted by Gasteiger charge is 2.25. The van der Waals surface area contributed by atoms with Gasteiger partial charge < -0.3 is 10.1 Å². The molecule has 0 saturated carbocycles. The third-order valence-electron chi connectivity index (χ3n) is 2.86. The standard InChI is InChI=1S/C13H12ClN5O2/c1-2-21-13-17-11(14)16-12(18-13)19-7-10(20)15-8-5-3-4-6-9(8)19/h3-6H,2,7H2,1H3,(H,15,20). The average Bonchev–Trinajstić information content (AvgIpc) is 2.46. The molecule has 0 bridgehead atoms. The van der Waals surface area contributed by atoms with Gasteiger partial charge in [0.15, 0.2) is 0 Å². The Hall–Kier alpha value is -2.41. The minimum atomic E-state index is -0.150. The fraction of sp³-hybridized carbons (Fsp3) is 0.231. The molecule has 3 rings (SSSR count). The van der Waals surface area contributed by atoms with E-state index in [1.54, 1.807) is 4.90 Å². The van der Waals surface area contributed by atoms with Gasteiger partial charge in [0.05, 0.1) is 18.0 Å². The van der Waals surface area contributed by atoms with Gasteiger partial charge >= 0.3 is 6.01 Å². The van der Waals surface area contributed by atoms with Crippen LogP contribution in [0.5, 0.6) is 6.01 Å². The van der Waals surface area contributed by atoms with Crippen molar-refractivity contribution in [2.45, 2.75) is 6.92 Å². The first-order valence-corrected chi connectivity index (χ1v) is 6.76. The summed E-state index contributed by atoms with van der Waals surface area (Å²) in [4.78, 5) is 25.7. The maximum atomic E-state index is 11.8. The van der Waals surface area contributed by atoms with Crippen LogP contribution in [-0.4, -0.2) is 34.0 Å². The summed E-state index contributed by atoms with van der Waals surface area (Å²) in [6.07, 6.45) is 0. The molecule has 2 heterocycles. The third-order valence-corrected chi connectivity index (χ3v) is 3.03. The van der Waals surface area contributed by atoms with Crippen LogP contribution in [-0.2, 0) is 4.79 Å². The van der Waals surface area contributed by atoms with Crippen LogP contribution >= 0.6 is 11.6 Å². The van der Waals surface area contributed by atoms with Crippen molar-refractivity contribution in [2.75, 3.05) is 23.4 Å². The molecule has 1 amide bonds. The molecule has 0 unspecified atom stereocenters. The van der Waals surface area contributed by atoms with E-state index in [9.17, 15) is 4.79 Å². The summed E-state index contributed by atoms with van der Waals surface area (Å²) in [5, 5.41) is 2.82. The summed E-state index contributed by atoms with van der Waals surface area (Å²) in [7, 11) is 0. The van der Waals surface area contributed by atoms with E-state index in [-0.39, 0.29) is 29.7 Å². The molecular formula is C13H12ClN5O2. The summed E-state index contributed by atoms with van der Waals surface area (Å²) in [5.74, 6) is 0.129. The first kappa shape index (κ1) is 13.6. The van der Waals surface area contributed by atoms with Crippen LogP contribution in [0.2, 0.25) is 5.28 Å². The number of amides is 1. The van der Waals surface area contributed by atoms with Gasteiger partial charge in [0.2, 0.25) is 17.1 Å². The van der Waals surface area contributed by atoms with Gasteiger partial charge in [-0.25, -0.2) is 0 Å². The summed E-state index contributed by atoms with van der Waals surface area (Å²) < 4.78 is 5.26. The molecule has 108 valence electrons. The van der Waals surface area contributed by atoms with E-state index in [0.29, 0.717) is 12.3 Å². The lowest BCUT2D eigenvalue weighted by atomic mass is 10.2. The van der Waals surface area contributed by atoms with Crippen molar-refractivity contribution in [3.63, 3.8) is 0 Å². The van der Waals surface area contributed by atoms with Crippen molar-refractivity contribution < 1.29 is 9.53 Å². The molecule has 1 aromatic carbocycles. The molecule has 0 aliphatic carbocycles. The zero-order valence-electron chi connectivity index (χ0n) is 11.2. The van der Waals surface area contributed by atoms with Crippen LogP contribution in [0.15, 0.2) is 24.3 Å². The second-order valence-electron chi connectivity index (χ2n) is 4.27. The second-order valence-corrected chi connectivity index (χ2v) is 4.61. The highest BCUT2D eigenvalue weighted by molar-refractivity contribution is 6.28. The Morgan fingerprint density at radius 2 is 2.14 bits per heavy atom. The van der Waals surface area contributed by atoms with Crippen LogP contribution < -0.4 is 15.0 Å². The van der Waals surface area contributed by atoms with Crippen molar-refractivity contribution in [3.8, 4) is 6.01 Å². The number of ether oxygens (including phenoxy) is 1. The number of anilines is 3. The summed E-state index contributed by atoms with van der Waals surface area (Å²) in [6.45, 7) is 2.33. The number of hydrogen-bond donors (Lipinski definition) is 1. The molecule has 1 aliphatic heterocycles. The van der Waals surface area contributed by atoms with Crippen molar-refractivity contribution in [2.24, 2.45) is 0 Å². The highest BCUT2D eigenvalue weighted by atomic mass is 35.5. The van der Waals surface area contributed by atoms with Gasteiger partial charge in [0.25, 0.3) is 0 Å². The van der Waals surface area contributed by atoms with E-state index in [1.807, 2.05) is 31.2 Å². The molecule has 0 atom stereocenters. The van der Waals surface area contributed by atoms with Gasteiger partial charge in [0, 0.05) is 0 Å². The summed E-state index contributed by atoms with van der Waals surface area (Å²) >= 11 is 5.90. The molecule has 0 fully saturated rings. The van der Waals surface area contributed by atoms with E-state index < -0.39 is 0 Å². The van der Waals surface area contributed by atoms with Gasteiger partial charge in [-0.15, -0.1) is 0 Å². The SMILES string of the molecule is CCOc1nc(Cl)nc(N2CC(=O)Nc3ccccc32)n1. The largest absolute Gasteiger partial charge is 0.464 e. The molecule has 1 aromatic heterocycles. The number of nitrogens with one attached hydrogen (secondary N) is 1. The molecule has 2 aromatic rings. The van der Waals surface area contributed by atoms with Gasteiger partial charge in [-0.2, -0.15) is 15.0 Å². The zero-order chi connectivity index (χ0) is 14.8. The lowest BCUT2D eigenvalue weighted by Gasteiger charge is -2.28. The monoisotopic (exact) mass is 305 g/mol. The molecule has 21 heavy (non-hydrogen) atoms. The van der Waals surface area contributed by atoms with Gasteiger partial charge in [0.1, 0.15) is 6.54 Å². The number of aromatic nitrogens is 3. The fourth-order valence-corrected chi connectivity index (χ4v) is 2.20. The predicted molar refractivity (Wildman–Crippen MR) is 78.1 cm³/mol. The maximum Gasteiger partial charge on any atom is 0.322 e. The highest BCUT2D eigenvalue weighted by Crippen LogP contribution is 2.33. The third kappa shape index (κ3) is 2.73. The van der Waals surface area contributed by atoms with Crippen LogP contribution in [0, 0.1) is 0 Å². The van der Waals surface area contributed by atoms with Gasteiger partial charge in [-0.1, -0.05) is 12.1 Å². The van der Waals surface area contributed by atoms with Crippen molar-refractivity contribution >= 4 is 34.8 Å². The molecule has 0 saturated heterocycles. The topological polar surface area (TPSA) is 80.2 Å². The quantitative estimate of drug-likeness (QED) is 0.934. The Bertz CT molecular complexity index is 694. The maximum absolute atomic E-state index is 11.8. The average molecular weight is 306 g/mol. The number of nitrogens with zero attached hydrogens (tertiary/aromatic N) is 4. The van der Waals surface area contributed by atoms with Gasteiger partial charge in [-0.05, 0) is 30.7 Å². The summed E-state index contributed by atoms with van der Waals surface area (Å²) in [6, 6.07) is 7.53. The summed E-state index contributed by atoms with van der Waals surface area (Å²) in [5.41, 5.74) is 1.49. The Kier molecular flexibility index (Phi) is 3.57. The lowest BCUT2D eigenvalue weighted by molar-refractivity contribution is -0.115. The number of para-hydroxylation sites is 2. The number of halogens is 1. The van der Waals surface area contributed by atoms with E-state index in [0.717, 1.165) is 5.69 Å². The van der Waals surface area contributed by atoms with E-state index in [4.69, 9.17) is 16.3 Å². The van der Waals surface area contributed by atoms with Crippen molar-refractivity contribution in [1.29, 1.82) is 0 Å². The van der Waals surface area contributed by atoms with Crippen LogP contribution in [0.3, 0.4) is 0 Å². The van der Waals surface area contributed by atoms with Gasteiger partial charge in [-0.3, -0.25) is 9.69 Å². The van der Waals surface area contributed by atoms with Crippen LogP contribution in [0.4, 0.5) is 17.3 Å². The minimum absolute atomic E-state index is 0.0203. The molecule has 1 aliphatic rings. The molecule has 0 spiro atoms. The molecule has 1 N–H and O–H groups in total. The number of carbonyl (C=O) groups excluding carboxylic acids is 1. The van der Waals surface area contributed by atoms with E-state index in [2.05, 4.69) is 20.3 Å². The zero-order valence-corrected chi connectivity index (χ0v) is 12.0. The normalized spacial score (nSPS) is 13.6. The number of carbonyl (C=O) groups is 1. The van der Waals surface area contributed by atoms with Crippen LogP contribution in [0.25, 0.3) is 0 Å². The number of benzene rings is 1. The Morgan fingerprint density at radius 1 is 1.33 bits per heavy atom. The fourth-order valence-electron chi connectivity index (χ4n) is 2.05.